The Kier molecular flexibility index (Phi) is 3.94. The van der Waals surface area contributed by atoms with Crippen LogP contribution >= 0.6 is 0 Å². The molecule has 1 rings (SSSR count). The molecule has 1 aromatic carbocycles. The van der Waals surface area contributed by atoms with Gasteiger partial charge in [0.1, 0.15) is 0 Å². The standard InChI is InChI=1S/C13H22O2Si/c1-13(2,16(3,4)15)9-11-6-5-7-12(8-11)10-14/h5-8,14-15H,9-10H2,1-4H3. The van der Waals surface area contributed by atoms with Crippen LogP contribution in [0.1, 0.15) is 25.0 Å². The number of hydrogen-bond acceptors (Lipinski definition) is 2. The highest BCUT2D eigenvalue weighted by atomic mass is 28.4. The summed E-state index contributed by atoms with van der Waals surface area (Å²) in [6, 6.07) is 7.95. The lowest BCUT2D eigenvalue weighted by molar-refractivity contribution is 0.281. The fourth-order valence-electron chi connectivity index (χ4n) is 1.56. The highest BCUT2D eigenvalue weighted by Crippen LogP contribution is 2.38. The lowest BCUT2D eigenvalue weighted by atomic mass is 10.0. The largest absolute Gasteiger partial charge is 0.432 e. The van der Waals surface area contributed by atoms with Gasteiger partial charge >= 0.3 is 0 Å². The predicted octanol–water partition coefficient (Wildman–Crippen LogP) is 2.70. The van der Waals surface area contributed by atoms with Gasteiger partial charge in [-0.25, -0.2) is 0 Å². The van der Waals surface area contributed by atoms with Crippen molar-refractivity contribution in [1.82, 2.24) is 0 Å². The zero-order valence-corrected chi connectivity index (χ0v) is 11.6. The highest BCUT2D eigenvalue weighted by Gasteiger charge is 2.37. The SMILES string of the molecule is CC(C)(Cc1cccc(CO)c1)[Si](C)(C)O. The van der Waals surface area contributed by atoms with Gasteiger partial charge in [0.15, 0.2) is 8.32 Å². The smallest absolute Gasteiger partial charge is 0.188 e. The van der Waals surface area contributed by atoms with Crippen LogP contribution < -0.4 is 0 Å². The van der Waals surface area contributed by atoms with Crippen LogP contribution in [-0.4, -0.2) is 18.2 Å². The van der Waals surface area contributed by atoms with E-state index in [1.54, 1.807) is 0 Å². The van der Waals surface area contributed by atoms with Gasteiger partial charge in [0.25, 0.3) is 0 Å². The van der Waals surface area contributed by atoms with Crippen molar-refractivity contribution in [3.8, 4) is 0 Å². The van der Waals surface area contributed by atoms with Gasteiger partial charge in [-0.1, -0.05) is 38.1 Å². The predicted molar refractivity (Wildman–Crippen MR) is 69.8 cm³/mol. The minimum Gasteiger partial charge on any atom is -0.432 e. The van der Waals surface area contributed by atoms with Gasteiger partial charge in [0.05, 0.1) is 6.61 Å². The van der Waals surface area contributed by atoms with Crippen molar-refractivity contribution < 1.29 is 9.90 Å². The monoisotopic (exact) mass is 238 g/mol. The van der Waals surface area contributed by atoms with Gasteiger partial charge in [-0.3, -0.25) is 0 Å². The lowest BCUT2D eigenvalue weighted by Crippen LogP contribution is -2.40. The number of rotatable bonds is 4. The molecule has 0 aromatic heterocycles. The molecular weight excluding hydrogens is 216 g/mol. The molecule has 90 valence electrons. The zero-order chi connectivity index (χ0) is 12.4. The topological polar surface area (TPSA) is 40.5 Å². The van der Waals surface area contributed by atoms with E-state index in [2.05, 4.69) is 19.9 Å². The van der Waals surface area contributed by atoms with Crippen molar-refractivity contribution in [2.75, 3.05) is 0 Å². The maximum absolute atomic E-state index is 10.2. The molecule has 0 bridgehead atoms. The first-order chi connectivity index (χ1) is 7.26. The van der Waals surface area contributed by atoms with Crippen molar-refractivity contribution >= 4 is 8.32 Å². The Balaban J connectivity index is 2.88. The van der Waals surface area contributed by atoms with E-state index in [4.69, 9.17) is 5.11 Å². The molecule has 0 amide bonds. The summed E-state index contributed by atoms with van der Waals surface area (Å²) in [6.45, 7) is 8.26. The first-order valence-corrected chi connectivity index (χ1v) is 8.62. The molecule has 0 unspecified atom stereocenters. The number of benzene rings is 1. The van der Waals surface area contributed by atoms with E-state index < -0.39 is 8.32 Å². The molecule has 0 heterocycles. The zero-order valence-electron chi connectivity index (χ0n) is 10.6. The minimum absolute atomic E-state index is 0.0545. The molecule has 2 N–H and O–H groups in total. The Bertz CT molecular complexity index is 353. The van der Waals surface area contributed by atoms with Gasteiger partial charge in [0.2, 0.25) is 0 Å². The Morgan fingerprint density at radius 1 is 1.19 bits per heavy atom. The summed E-state index contributed by atoms with van der Waals surface area (Å²) >= 11 is 0. The summed E-state index contributed by atoms with van der Waals surface area (Å²) in [5.74, 6) is 0. The van der Waals surface area contributed by atoms with Crippen LogP contribution in [0.5, 0.6) is 0 Å². The van der Waals surface area contributed by atoms with E-state index in [0.717, 1.165) is 12.0 Å². The second kappa shape index (κ2) is 4.70. The van der Waals surface area contributed by atoms with E-state index in [0.29, 0.717) is 0 Å². The molecule has 3 heteroatoms. The molecular formula is C13H22O2Si. The van der Waals surface area contributed by atoms with E-state index in [1.165, 1.54) is 5.56 Å². The van der Waals surface area contributed by atoms with Crippen molar-refractivity contribution in [1.29, 1.82) is 0 Å². The molecule has 1 aromatic rings. The molecule has 0 aliphatic heterocycles. The van der Waals surface area contributed by atoms with Crippen LogP contribution in [0.2, 0.25) is 18.1 Å². The van der Waals surface area contributed by atoms with Crippen LogP contribution in [-0.2, 0) is 13.0 Å². The van der Waals surface area contributed by atoms with Gasteiger partial charge in [-0.2, -0.15) is 0 Å². The van der Waals surface area contributed by atoms with Crippen LogP contribution in [0.15, 0.2) is 24.3 Å². The molecule has 0 aliphatic rings. The Hall–Kier alpha value is -0.643. The summed E-state index contributed by atoms with van der Waals surface area (Å²) in [5, 5.41) is 9.03. The molecule has 0 aliphatic carbocycles. The van der Waals surface area contributed by atoms with Gasteiger partial charge in [-0.15, -0.1) is 0 Å². The number of aliphatic hydroxyl groups excluding tert-OH is 1. The van der Waals surface area contributed by atoms with Gasteiger partial charge in [-0.05, 0) is 35.7 Å². The van der Waals surface area contributed by atoms with Crippen molar-refractivity contribution in [2.24, 2.45) is 0 Å². The highest BCUT2D eigenvalue weighted by molar-refractivity contribution is 6.72. The summed E-state index contributed by atoms with van der Waals surface area (Å²) in [7, 11) is -2.16. The van der Waals surface area contributed by atoms with Crippen molar-refractivity contribution in [3.05, 3.63) is 35.4 Å². The molecule has 0 saturated carbocycles. The summed E-state index contributed by atoms with van der Waals surface area (Å²) in [5.41, 5.74) is 2.12. The van der Waals surface area contributed by atoms with E-state index in [1.807, 2.05) is 31.3 Å². The Morgan fingerprint density at radius 3 is 2.25 bits per heavy atom. The Labute approximate surface area is 99.1 Å². The molecule has 0 spiro atoms. The fourth-order valence-corrected chi connectivity index (χ4v) is 2.20. The molecule has 2 nitrogen and oxygen atoms in total. The third-order valence-electron chi connectivity index (χ3n) is 3.48. The van der Waals surface area contributed by atoms with Crippen molar-refractivity contribution in [3.63, 3.8) is 0 Å². The first-order valence-electron chi connectivity index (χ1n) is 5.67. The quantitative estimate of drug-likeness (QED) is 0.792. The lowest BCUT2D eigenvalue weighted by Gasteiger charge is -2.35. The normalized spacial score (nSPS) is 12.9. The molecule has 0 radical (unpaired) electrons. The fraction of sp³-hybridized carbons (Fsp3) is 0.538. The number of hydrogen-bond donors (Lipinski definition) is 2. The number of aliphatic hydroxyl groups is 1. The minimum atomic E-state index is -2.16. The average molecular weight is 238 g/mol. The third kappa shape index (κ3) is 3.17. The Morgan fingerprint density at radius 2 is 1.75 bits per heavy atom. The van der Waals surface area contributed by atoms with E-state index >= 15 is 0 Å². The second-order valence-corrected chi connectivity index (χ2v) is 10.1. The third-order valence-corrected chi connectivity index (χ3v) is 6.97. The van der Waals surface area contributed by atoms with Crippen LogP contribution in [0.4, 0.5) is 0 Å². The van der Waals surface area contributed by atoms with E-state index in [-0.39, 0.29) is 11.6 Å². The summed E-state index contributed by atoms with van der Waals surface area (Å²) in [4.78, 5) is 10.2. The van der Waals surface area contributed by atoms with Crippen LogP contribution in [0.25, 0.3) is 0 Å². The maximum atomic E-state index is 10.2. The molecule has 16 heavy (non-hydrogen) atoms. The van der Waals surface area contributed by atoms with E-state index in [9.17, 15) is 4.80 Å². The van der Waals surface area contributed by atoms with Crippen LogP contribution in [0, 0.1) is 0 Å². The molecule has 0 atom stereocenters. The van der Waals surface area contributed by atoms with Gasteiger partial charge < -0.3 is 9.90 Å². The van der Waals surface area contributed by atoms with Crippen LogP contribution in [0.3, 0.4) is 0 Å². The molecule has 0 saturated heterocycles. The average Bonchev–Trinajstić information content (AvgIpc) is 2.15. The summed E-state index contributed by atoms with van der Waals surface area (Å²) < 4.78 is 0. The second-order valence-electron chi connectivity index (χ2n) is 5.60. The van der Waals surface area contributed by atoms with Crippen molar-refractivity contribution in [2.45, 2.75) is 45.0 Å². The molecule has 0 fully saturated rings. The van der Waals surface area contributed by atoms with Gasteiger partial charge in [0, 0.05) is 0 Å². The maximum Gasteiger partial charge on any atom is 0.188 e. The summed E-state index contributed by atoms with van der Waals surface area (Å²) in [6.07, 6.45) is 0.858. The first kappa shape index (κ1) is 13.4.